The standard InChI is InChI=1S/C25H30N4O3S/c1-17(2)15-29(25-27-23(28-33-25)13-19-6-4-18(3)5-7-19)11-10-24(30)26-14-20-8-9-21-22(12-20)32-16-31-21/h4-9,12,17H,10-11,13-16H2,1-3H3,(H,26,30). The van der Waals surface area contributed by atoms with Crippen molar-refractivity contribution in [3.8, 4) is 11.5 Å². The second-order valence-corrected chi connectivity index (χ2v) is 9.44. The van der Waals surface area contributed by atoms with Crippen molar-refractivity contribution in [2.24, 2.45) is 5.92 Å². The van der Waals surface area contributed by atoms with Crippen molar-refractivity contribution in [1.29, 1.82) is 0 Å². The van der Waals surface area contributed by atoms with Gasteiger partial charge in [-0.3, -0.25) is 4.79 Å². The van der Waals surface area contributed by atoms with Gasteiger partial charge >= 0.3 is 0 Å². The highest BCUT2D eigenvalue weighted by molar-refractivity contribution is 7.09. The van der Waals surface area contributed by atoms with Gasteiger partial charge in [-0.2, -0.15) is 4.37 Å². The summed E-state index contributed by atoms with van der Waals surface area (Å²) in [7, 11) is 0. The second kappa shape index (κ2) is 10.7. The first-order chi connectivity index (χ1) is 16.0. The first kappa shape index (κ1) is 23.0. The van der Waals surface area contributed by atoms with Crippen LogP contribution >= 0.6 is 11.5 Å². The van der Waals surface area contributed by atoms with Crippen LogP contribution in [0.2, 0.25) is 0 Å². The summed E-state index contributed by atoms with van der Waals surface area (Å²) in [5.41, 5.74) is 3.42. The molecule has 7 nitrogen and oxygen atoms in total. The second-order valence-electron chi connectivity index (χ2n) is 8.71. The molecule has 8 heteroatoms. The largest absolute Gasteiger partial charge is 0.454 e. The van der Waals surface area contributed by atoms with Crippen LogP contribution in [-0.2, 0) is 17.8 Å². The normalized spacial score (nSPS) is 12.2. The van der Waals surface area contributed by atoms with E-state index in [1.165, 1.54) is 22.7 Å². The molecule has 0 saturated heterocycles. The Morgan fingerprint density at radius 3 is 2.67 bits per heavy atom. The summed E-state index contributed by atoms with van der Waals surface area (Å²) in [6, 6.07) is 14.2. The van der Waals surface area contributed by atoms with E-state index in [9.17, 15) is 4.79 Å². The van der Waals surface area contributed by atoms with Gasteiger partial charge in [0.15, 0.2) is 11.5 Å². The Morgan fingerprint density at radius 1 is 1.12 bits per heavy atom. The van der Waals surface area contributed by atoms with Gasteiger partial charge in [-0.25, -0.2) is 4.98 Å². The van der Waals surface area contributed by atoms with Crippen LogP contribution < -0.4 is 19.7 Å². The highest BCUT2D eigenvalue weighted by Crippen LogP contribution is 2.32. The summed E-state index contributed by atoms with van der Waals surface area (Å²) in [6.45, 7) is 8.55. The van der Waals surface area contributed by atoms with Crippen LogP contribution in [0, 0.1) is 12.8 Å². The summed E-state index contributed by atoms with van der Waals surface area (Å²) < 4.78 is 15.3. The van der Waals surface area contributed by atoms with Gasteiger partial charge in [0, 0.05) is 44.0 Å². The van der Waals surface area contributed by atoms with Gasteiger partial charge < -0.3 is 19.7 Å². The molecule has 33 heavy (non-hydrogen) atoms. The lowest BCUT2D eigenvalue weighted by Gasteiger charge is -2.23. The highest BCUT2D eigenvalue weighted by atomic mass is 32.1. The van der Waals surface area contributed by atoms with Gasteiger partial charge in [-0.1, -0.05) is 49.7 Å². The number of nitrogens with zero attached hydrogens (tertiary/aromatic N) is 3. The number of aryl methyl sites for hydroxylation is 1. The van der Waals surface area contributed by atoms with E-state index in [1.54, 1.807) is 0 Å². The van der Waals surface area contributed by atoms with Crippen LogP contribution in [0.3, 0.4) is 0 Å². The molecule has 0 saturated carbocycles. The van der Waals surface area contributed by atoms with Gasteiger partial charge in [-0.05, 0) is 36.1 Å². The molecular formula is C25H30N4O3S. The Morgan fingerprint density at radius 2 is 1.88 bits per heavy atom. The number of carbonyl (C=O) groups excluding carboxylic acids is 1. The van der Waals surface area contributed by atoms with Crippen molar-refractivity contribution in [2.75, 3.05) is 24.8 Å². The molecule has 0 atom stereocenters. The van der Waals surface area contributed by atoms with Crippen LogP contribution in [0.5, 0.6) is 11.5 Å². The fourth-order valence-corrected chi connectivity index (χ4v) is 4.34. The van der Waals surface area contributed by atoms with E-state index in [1.807, 2.05) is 18.2 Å². The van der Waals surface area contributed by atoms with Crippen LogP contribution in [-0.4, -0.2) is 35.1 Å². The third-order valence-electron chi connectivity index (χ3n) is 5.33. The van der Waals surface area contributed by atoms with Gasteiger partial charge in [0.25, 0.3) is 0 Å². The average molecular weight is 467 g/mol. The van der Waals surface area contributed by atoms with Crippen molar-refractivity contribution in [2.45, 2.75) is 40.2 Å². The molecule has 1 N–H and O–H groups in total. The number of carbonyl (C=O) groups is 1. The monoisotopic (exact) mass is 466 g/mol. The zero-order chi connectivity index (χ0) is 23.2. The summed E-state index contributed by atoms with van der Waals surface area (Å²) in [5.74, 6) is 2.74. The molecule has 2 aromatic carbocycles. The van der Waals surface area contributed by atoms with Gasteiger partial charge in [0.1, 0.15) is 5.82 Å². The quantitative estimate of drug-likeness (QED) is 0.479. The molecule has 1 amide bonds. The van der Waals surface area contributed by atoms with Crippen molar-refractivity contribution in [1.82, 2.24) is 14.7 Å². The fourth-order valence-electron chi connectivity index (χ4n) is 3.62. The number of benzene rings is 2. The minimum Gasteiger partial charge on any atom is -0.454 e. The van der Waals surface area contributed by atoms with E-state index >= 15 is 0 Å². The molecule has 0 bridgehead atoms. The maximum absolute atomic E-state index is 12.5. The van der Waals surface area contributed by atoms with Crippen molar-refractivity contribution >= 4 is 22.6 Å². The lowest BCUT2D eigenvalue weighted by atomic mass is 10.1. The fraction of sp³-hybridized carbons (Fsp3) is 0.400. The molecule has 3 aromatic rings. The predicted molar refractivity (Wildman–Crippen MR) is 130 cm³/mol. The van der Waals surface area contributed by atoms with E-state index in [-0.39, 0.29) is 12.7 Å². The Bertz CT molecular complexity index is 1080. The molecule has 1 aliphatic rings. The summed E-state index contributed by atoms with van der Waals surface area (Å²) >= 11 is 1.40. The van der Waals surface area contributed by atoms with Gasteiger partial charge in [-0.15, -0.1) is 0 Å². The molecule has 2 heterocycles. The number of fused-ring (bicyclic) bond motifs is 1. The molecule has 0 unspecified atom stereocenters. The Kier molecular flexibility index (Phi) is 7.44. The number of hydrogen-bond acceptors (Lipinski definition) is 7. The van der Waals surface area contributed by atoms with E-state index in [0.29, 0.717) is 31.8 Å². The van der Waals surface area contributed by atoms with E-state index < -0.39 is 0 Å². The number of rotatable bonds is 10. The van der Waals surface area contributed by atoms with Crippen LogP contribution in [0.25, 0.3) is 0 Å². The molecule has 0 spiro atoms. The van der Waals surface area contributed by atoms with Crippen molar-refractivity contribution in [3.05, 3.63) is 65.0 Å². The minimum atomic E-state index is 0.00539. The molecule has 1 aromatic heterocycles. The van der Waals surface area contributed by atoms with Gasteiger partial charge in [0.2, 0.25) is 17.8 Å². The molecule has 1 aliphatic heterocycles. The number of nitrogens with one attached hydrogen (secondary N) is 1. The smallest absolute Gasteiger partial charge is 0.231 e. The summed E-state index contributed by atoms with van der Waals surface area (Å²) in [6.07, 6.45) is 1.10. The number of anilines is 1. The zero-order valence-electron chi connectivity index (χ0n) is 19.3. The Balaban J connectivity index is 1.31. The Hall–Kier alpha value is -3.13. The van der Waals surface area contributed by atoms with Gasteiger partial charge in [0.05, 0.1) is 0 Å². The maximum atomic E-state index is 12.5. The number of aromatic nitrogens is 2. The number of ether oxygens (including phenoxy) is 2. The van der Waals surface area contributed by atoms with Crippen LogP contribution in [0.4, 0.5) is 5.13 Å². The van der Waals surface area contributed by atoms with Crippen molar-refractivity contribution < 1.29 is 14.3 Å². The average Bonchev–Trinajstić information content (AvgIpc) is 3.45. The maximum Gasteiger partial charge on any atom is 0.231 e. The van der Waals surface area contributed by atoms with Crippen LogP contribution in [0.1, 0.15) is 42.8 Å². The SMILES string of the molecule is Cc1ccc(Cc2nsc(N(CCC(=O)NCc3ccc4c(c3)OCO4)CC(C)C)n2)cc1. The van der Waals surface area contributed by atoms with Crippen molar-refractivity contribution in [3.63, 3.8) is 0 Å². The number of hydrogen-bond donors (Lipinski definition) is 1. The molecule has 4 rings (SSSR count). The first-order valence-electron chi connectivity index (χ1n) is 11.2. The predicted octanol–water partition coefficient (Wildman–Crippen LogP) is 4.33. The Labute approximate surface area is 198 Å². The highest BCUT2D eigenvalue weighted by Gasteiger charge is 2.17. The third kappa shape index (κ3) is 6.44. The summed E-state index contributed by atoms with van der Waals surface area (Å²) in [5, 5.41) is 3.87. The lowest BCUT2D eigenvalue weighted by Crippen LogP contribution is -2.33. The van der Waals surface area contributed by atoms with Crippen LogP contribution in [0.15, 0.2) is 42.5 Å². The first-order valence-corrected chi connectivity index (χ1v) is 12.0. The topological polar surface area (TPSA) is 76.6 Å². The number of amides is 1. The van der Waals surface area contributed by atoms with E-state index in [0.717, 1.165) is 34.6 Å². The third-order valence-corrected chi connectivity index (χ3v) is 6.15. The molecule has 0 fully saturated rings. The molecular weight excluding hydrogens is 436 g/mol. The van der Waals surface area contributed by atoms with E-state index in [4.69, 9.17) is 14.5 Å². The summed E-state index contributed by atoms with van der Waals surface area (Å²) in [4.78, 5) is 19.4. The minimum absolute atomic E-state index is 0.00539. The molecule has 0 aliphatic carbocycles. The molecule has 0 radical (unpaired) electrons. The molecule has 174 valence electrons. The zero-order valence-corrected chi connectivity index (χ0v) is 20.2. The van der Waals surface area contributed by atoms with E-state index in [2.05, 4.69) is 59.6 Å². The lowest BCUT2D eigenvalue weighted by molar-refractivity contribution is -0.121.